The summed E-state index contributed by atoms with van der Waals surface area (Å²) in [6.45, 7) is 1.53. The molecule has 0 unspecified atom stereocenters. The van der Waals surface area contributed by atoms with Crippen molar-refractivity contribution in [1.29, 1.82) is 0 Å². The molecule has 2 aliphatic heterocycles. The zero-order valence-corrected chi connectivity index (χ0v) is 9.16. The molecule has 0 aromatic carbocycles. The maximum atomic E-state index is 11.6. The Kier molecular flexibility index (Phi) is 2.90. The van der Waals surface area contributed by atoms with Crippen LogP contribution in [-0.4, -0.2) is 58.4 Å². The van der Waals surface area contributed by atoms with Crippen molar-refractivity contribution in [2.45, 2.75) is 25.2 Å². The number of aliphatic imine (C=N–C) groups is 3. The van der Waals surface area contributed by atoms with Gasteiger partial charge in [0.25, 0.3) is 5.91 Å². The standard InChI is InChI=1S/C9H13N5O3/c1-3(15)6(16)4-2-11-7-5(12-4)8(17)14-9(10)13-7/h3,5-6,15-16H,2H2,1H3,(H3,10,11,13,14,17)/t3-,5-,6+/m1/s1. The van der Waals surface area contributed by atoms with Gasteiger partial charge in [-0.15, -0.1) is 0 Å². The van der Waals surface area contributed by atoms with Crippen molar-refractivity contribution >= 4 is 23.4 Å². The lowest BCUT2D eigenvalue weighted by atomic mass is 10.1. The number of aliphatic hydroxyl groups is 2. The Hall–Kier alpha value is -1.80. The van der Waals surface area contributed by atoms with Crippen LogP contribution in [0, 0.1) is 0 Å². The van der Waals surface area contributed by atoms with Crippen LogP contribution in [-0.2, 0) is 4.79 Å². The van der Waals surface area contributed by atoms with Gasteiger partial charge in [0.05, 0.1) is 18.4 Å². The van der Waals surface area contributed by atoms with Crippen LogP contribution in [0.5, 0.6) is 0 Å². The van der Waals surface area contributed by atoms with Gasteiger partial charge in [-0.3, -0.25) is 20.1 Å². The summed E-state index contributed by atoms with van der Waals surface area (Å²) in [5.41, 5.74) is 5.64. The molecule has 1 amide bonds. The Bertz CT molecular complexity index is 440. The van der Waals surface area contributed by atoms with E-state index in [1.165, 1.54) is 6.92 Å². The van der Waals surface area contributed by atoms with Gasteiger partial charge in [0.15, 0.2) is 11.9 Å². The highest BCUT2D eigenvalue weighted by molar-refractivity contribution is 6.21. The zero-order chi connectivity index (χ0) is 12.6. The minimum absolute atomic E-state index is 0.0141. The second kappa shape index (κ2) is 4.22. The highest BCUT2D eigenvalue weighted by Crippen LogP contribution is 2.11. The number of hydrogen-bond acceptors (Lipinski definition) is 7. The minimum atomic E-state index is -1.13. The van der Waals surface area contributed by atoms with Crippen LogP contribution in [0.3, 0.4) is 0 Å². The molecule has 0 aliphatic carbocycles. The van der Waals surface area contributed by atoms with Crippen LogP contribution >= 0.6 is 0 Å². The van der Waals surface area contributed by atoms with Gasteiger partial charge in [-0.25, -0.2) is 0 Å². The Morgan fingerprint density at radius 2 is 2.24 bits per heavy atom. The van der Waals surface area contributed by atoms with E-state index in [0.29, 0.717) is 0 Å². The van der Waals surface area contributed by atoms with E-state index in [9.17, 15) is 15.0 Å². The van der Waals surface area contributed by atoms with E-state index in [2.05, 4.69) is 20.3 Å². The molecule has 0 bridgehead atoms. The molecule has 0 spiro atoms. The number of nitrogens with two attached hydrogens (primary N) is 1. The Labute approximate surface area is 97.0 Å². The van der Waals surface area contributed by atoms with Crippen molar-refractivity contribution in [3.05, 3.63) is 0 Å². The molecule has 17 heavy (non-hydrogen) atoms. The number of carbonyl (C=O) groups excluding carboxylic acids is 1. The number of guanidine groups is 1. The SMILES string of the molecule is C[C@@H](O)[C@H](O)C1=N[C@H]2C(=O)NC(N)=NC2=NC1. The lowest BCUT2D eigenvalue weighted by Gasteiger charge is -2.25. The van der Waals surface area contributed by atoms with Gasteiger partial charge in [-0.05, 0) is 6.92 Å². The largest absolute Gasteiger partial charge is 0.390 e. The van der Waals surface area contributed by atoms with Crippen LogP contribution in [0.1, 0.15) is 6.92 Å². The molecule has 2 heterocycles. The van der Waals surface area contributed by atoms with Gasteiger partial charge in [0, 0.05) is 0 Å². The number of nitrogens with zero attached hydrogens (tertiary/aromatic N) is 3. The Morgan fingerprint density at radius 1 is 1.53 bits per heavy atom. The van der Waals surface area contributed by atoms with Gasteiger partial charge in [0.2, 0.25) is 5.96 Å². The average molecular weight is 239 g/mol. The van der Waals surface area contributed by atoms with Crippen LogP contribution in [0.15, 0.2) is 15.0 Å². The fourth-order valence-electron chi connectivity index (χ4n) is 1.58. The first kappa shape index (κ1) is 11.7. The van der Waals surface area contributed by atoms with E-state index in [0.717, 1.165) is 0 Å². The monoisotopic (exact) mass is 239 g/mol. The number of amidine groups is 1. The molecule has 3 atom stereocenters. The first-order valence-electron chi connectivity index (χ1n) is 5.11. The minimum Gasteiger partial charge on any atom is -0.390 e. The van der Waals surface area contributed by atoms with Crippen LogP contribution < -0.4 is 11.1 Å². The normalized spacial score (nSPS) is 27.1. The number of carbonyl (C=O) groups is 1. The summed E-state index contributed by atoms with van der Waals surface area (Å²) in [5, 5.41) is 21.2. The summed E-state index contributed by atoms with van der Waals surface area (Å²) in [4.78, 5) is 23.5. The van der Waals surface area contributed by atoms with E-state index >= 15 is 0 Å². The number of fused-ring (bicyclic) bond motifs is 1. The maximum absolute atomic E-state index is 11.6. The molecule has 2 aliphatic rings. The Balaban J connectivity index is 2.25. The molecule has 8 heteroatoms. The number of amides is 1. The number of hydrogen-bond donors (Lipinski definition) is 4. The first-order chi connectivity index (χ1) is 7.99. The molecule has 5 N–H and O–H groups in total. The van der Waals surface area contributed by atoms with Gasteiger partial charge in [0.1, 0.15) is 6.10 Å². The smallest absolute Gasteiger partial charge is 0.259 e. The topological polar surface area (TPSA) is 133 Å². The van der Waals surface area contributed by atoms with Crippen molar-refractivity contribution in [1.82, 2.24) is 5.32 Å². The van der Waals surface area contributed by atoms with E-state index < -0.39 is 24.2 Å². The third-order valence-corrected chi connectivity index (χ3v) is 2.48. The van der Waals surface area contributed by atoms with E-state index in [-0.39, 0.29) is 24.1 Å². The summed E-state index contributed by atoms with van der Waals surface area (Å²) in [6, 6.07) is -0.889. The number of nitrogens with one attached hydrogen (secondary N) is 1. The highest BCUT2D eigenvalue weighted by atomic mass is 16.3. The van der Waals surface area contributed by atoms with Crippen molar-refractivity contribution in [2.75, 3.05) is 6.54 Å². The summed E-state index contributed by atoms with van der Waals surface area (Å²) in [6.07, 6.45) is -2.10. The molecular formula is C9H13N5O3. The fourth-order valence-corrected chi connectivity index (χ4v) is 1.58. The van der Waals surface area contributed by atoms with Crippen LogP contribution in [0.2, 0.25) is 0 Å². The zero-order valence-electron chi connectivity index (χ0n) is 9.16. The molecule has 92 valence electrons. The van der Waals surface area contributed by atoms with Crippen molar-refractivity contribution < 1.29 is 15.0 Å². The first-order valence-corrected chi connectivity index (χ1v) is 5.11. The molecule has 0 aromatic rings. The lowest BCUT2D eigenvalue weighted by molar-refractivity contribution is -0.119. The van der Waals surface area contributed by atoms with Gasteiger partial charge in [-0.2, -0.15) is 4.99 Å². The maximum Gasteiger partial charge on any atom is 0.259 e. The molecule has 0 saturated heterocycles. The van der Waals surface area contributed by atoms with E-state index in [1.807, 2.05) is 0 Å². The third-order valence-electron chi connectivity index (χ3n) is 2.48. The summed E-state index contributed by atoms with van der Waals surface area (Å²) >= 11 is 0. The molecule has 8 nitrogen and oxygen atoms in total. The Morgan fingerprint density at radius 3 is 2.88 bits per heavy atom. The third kappa shape index (κ3) is 2.17. The van der Waals surface area contributed by atoms with Crippen LogP contribution in [0.25, 0.3) is 0 Å². The summed E-state index contributed by atoms with van der Waals surface area (Å²) < 4.78 is 0. The molecular weight excluding hydrogens is 226 g/mol. The predicted octanol–water partition coefficient (Wildman–Crippen LogP) is -2.61. The van der Waals surface area contributed by atoms with Crippen molar-refractivity contribution in [3.63, 3.8) is 0 Å². The average Bonchev–Trinajstić information content (AvgIpc) is 2.27. The fraction of sp³-hybridized carbons (Fsp3) is 0.556. The lowest BCUT2D eigenvalue weighted by Crippen LogP contribution is -2.52. The van der Waals surface area contributed by atoms with Crippen molar-refractivity contribution in [3.8, 4) is 0 Å². The molecule has 0 fully saturated rings. The van der Waals surface area contributed by atoms with Crippen LogP contribution in [0.4, 0.5) is 0 Å². The van der Waals surface area contributed by atoms with E-state index in [4.69, 9.17) is 5.73 Å². The number of aliphatic hydroxyl groups excluding tert-OH is 2. The highest BCUT2D eigenvalue weighted by Gasteiger charge is 2.33. The quantitative estimate of drug-likeness (QED) is 0.420. The predicted molar refractivity (Wildman–Crippen MR) is 61.0 cm³/mol. The second-order valence-corrected chi connectivity index (χ2v) is 3.87. The molecule has 0 saturated carbocycles. The van der Waals surface area contributed by atoms with Gasteiger partial charge < -0.3 is 15.9 Å². The molecule has 0 aromatic heterocycles. The van der Waals surface area contributed by atoms with Gasteiger partial charge >= 0.3 is 0 Å². The molecule has 2 rings (SSSR count). The van der Waals surface area contributed by atoms with E-state index in [1.54, 1.807) is 0 Å². The second-order valence-electron chi connectivity index (χ2n) is 3.87. The van der Waals surface area contributed by atoms with Gasteiger partial charge in [-0.1, -0.05) is 0 Å². The van der Waals surface area contributed by atoms with Crippen molar-refractivity contribution in [2.24, 2.45) is 20.7 Å². The summed E-state index contributed by atoms with van der Waals surface area (Å²) in [7, 11) is 0. The molecule has 0 radical (unpaired) electrons. The number of rotatable bonds is 2. The summed E-state index contributed by atoms with van der Waals surface area (Å²) in [5.74, 6) is -0.223.